The van der Waals surface area contributed by atoms with E-state index in [1.54, 1.807) is 6.07 Å². The molecule has 0 aliphatic carbocycles. The molecule has 1 nitrogen and oxygen atoms in total. The normalized spacial score (nSPS) is 14.2. The summed E-state index contributed by atoms with van der Waals surface area (Å²) >= 11 is 0.200. The summed E-state index contributed by atoms with van der Waals surface area (Å²) in [5.41, 5.74) is 3.06. The Bertz CT molecular complexity index is 824. The van der Waals surface area contributed by atoms with Crippen LogP contribution in [-0.2, 0) is 6.18 Å². The van der Waals surface area contributed by atoms with E-state index in [4.69, 9.17) is 4.74 Å². The zero-order chi connectivity index (χ0) is 18.7. The minimum atomic E-state index is -4.34. The van der Waals surface area contributed by atoms with Gasteiger partial charge in [0, 0.05) is 0 Å². The molecule has 0 radical (unpaired) electrons. The summed E-state index contributed by atoms with van der Waals surface area (Å²) in [4.78, 5) is 0. The van der Waals surface area contributed by atoms with Gasteiger partial charge in [-0.05, 0) is 0 Å². The summed E-state index contributed by atoms with van der Waals surface area (Å²) in [5, 5.41) is 1.08. The van der Waals surface area contributed by atoms with Crippen LogP contribution in [-0.4, -0.2) is 21.6 Å². The quantitative estimate of drug-likeness (QED) is 0.410. The molecule has 1 aliphatic heterocycles. The van der Waals surface area contributed by atoms with Gasteiger partial charge < -0.3 is 0 Å². The van der Waals surface area contributed by atoms with Crippen molar-refractivity contribution < 1.29 is 17.9 Å². The first-order valence-corrected chi connectivity index (χ1v) is 10.7. The van der Waals surface area contributed by atoms with E-state index >= 15 is 0 Å². The molecule has 0 atom stereocenters. The molecular formula is C21H21F3OSe. The van der Waals surface area contributed by atoms with E-state index in [0.717, 1.165) is 46.7 Å². The average molecular weight is 425 g/mol. The van der Waals surface area contributed by atoms with Gasteiger partial charge >= 0.3 is 158 Å². The number of hydrogen-bond acceptors (Lipinski definition) is 1. The summed E-state index contributed by atoms with van der Waals surface area (Å²) in [5.74, 6) is 0.833. The molecular weight excluding hydrogens is 404 g/mol. The molecule has 0 saturated carbocycles. The average Bonchev–Trinajstić information content (AvgIpc) is 2.61. The molecule has 0 N–H and O–H groups in total. The molecule has 3 rings (SSSR count). The van der Waals surface area contributed by atoms with Gasteiger partial charge in [0.2, 0.25) is 0 Å². The standard InChI is InChI=1S/C21H21F3OSe/c1-3-4-10-26-20-17-11-14(2)8-9-19(17)25-13-18(20)15-6-5-7-16(12-15)21(22,23)24/h5-9,11-12H,3-4,10,13H2,1-2H3. The second-order valence-electron chi connectivity index (χ2n) is 6.38. The first-order chi connectivity index (χ1) is 12.4. The molecule has 2 aromatic carbocycles. The topological polar surface area (TPSA) is 9.23 Å². The van der Waals surface area contributed by atoms with Crippen LogP contribution in [0.1, 0.15) is 42.0 Å². The number of halogens is 3. The van der Waals surface area contributed by atoms with Crippen molar-refractivity contribution in [1.82, 2.24) is 0 Å². The number of alkyl halides is 3. The van der Waals surface area contributed by atoms with Crippen molar-refractivity contribution in [3.05, 3.63) is 64.7 Å². The molecule has 0 amide bonds. The van der Waals surface area contributed by atoms with Crippen LogP contribution >= 0.6 is 0 Å². The Morgan fingerprint density at radius 3 is 2.65 bits per heavy atom. The Morgan fingerprint density at radius 2 is 1.92 bits per heavy atom. The number of ether oxygens (including phenoxy) is 1. The van der Waals surface area contributed by atoms with Gasteiger partial charge in [0.25, 0.3) is 0 Å². The predicted octanol–water partition coefficient (Wildman–Crippen LogP) is 6.20. The van der Waals surface area contributed by atoms with Crippen LogP contribution in [0.3, 0.4) is 0 Å². The third-order valence-electron chi connectivity index (χ3n) is 4.31. The summed E-state index contributed by atoms with van der Waals surface area (Å²) in [6.07, 6.45) is -2.10. The molecule has 2 aromatic rings. The second-order valence-corrected chi connectivity index (χ2v) is 8.70. The zero-order valence-electron chi connectivity index (χ0n) is 14.8. The van der Waals surface area contributed by atoms with Crippen molar-refractivity contribution in [2.45, 2.75) is 38.2 Å². The zero-order valence-corrected chi connectivity index (χ0v) is 16.5. The molecule has 0 saturated heterocycles. The third kappa shape index (κ3) is 4.16. The van der Waals surface area contributed by atoms with Crippen LogP contribution < -0.4 is 4.74 Å². The van der Waals surface area contributed by atoms with Gasteiger partial charge in [-0.3, -0.25) is 0 Å². The number of rotatable bonds is 5. The third-order valence-corrected chi connectivity index (χ3v) is 6.93. The molecule has 0 unspecified atom stereocenters. The summed E-state index contributed by atoms with van der Waals surface area (Å²) in [7, 11) is 0. The molecule has 26 heavy (non-hydrogen) atoms. The Kier molecular flexibility index (Phi) is 5.79. The van der Waals surface area contributed by atoms with E-state index in [9.17, 15) is 13.2 Å². The number of fused-ring (bicyclic) bond motifs is 1. The molecule has 1 heterocycles. The summed E-state index contributed by atoms with van der Waals surface area (Å²) in [6, 6.07) is 11.7. The van der Waals surface area contributed by atoms with Crippen LogP contribution in [0, 0.1) is 6.92 Å². The van der Waals surface area contributed by atoms with Gasteiger partial charge in [-0.2, -0.15) is 0 Å². The van der Waals surface area contributed by atoms with Crippen LogP contribution in [0.5, 0.6) is 5.75 Å². The van der Waals surface area contributed by atoms with E-state index in [-0.39, 0.29) is 15.0 Å². The Morgan fingerprint density at radius 1 is 1.12 bits per heavy atom. The molecule has 0 spiro atoms. The summed E-state index contributed by atoms with van der Waals surface area (Å²) < 4.78 is 46.4. The van der Waals surface area contributed by atoms with E-state index in [1.807, 2.05) is 19.1 Å². The number of aryl methyl sites for hydroxylation is 1. The van der Waals surface area contributed by atoms with E-state index in [1.165, 1.54) is 16.6 Å². The van der Waals surface area contributed by atoms with Crippen LogP contribution in [0.25, 0.3) is 10.0 Å². The number of unbranched alkanes of at least 4 members (excludes halogenated alkanes) is 1. The fourth-order valence-electron chi connectivity index (χ4n) is 2.91. The predicted molar refractivity (Wildman–Crippen MR) is 100 cm³/mol. The van der Waals surface area contributed by atoms with Crippen molar-refractivity contribution in [3.63, 3.8) is 0 Å². The van der Waals surface area contributed by atoms with Crippen molar-refractivity contribution in [2.75, 3.05) is 6.61 Å². The fourth-order valence-corrected chi connectivity index (χ4v) is 5.64. The first kappa shape index (κ1) is 19.1. The summed E-state index contributed by atoms with van der Waals surface area (Å²) in [6.45, 7) is 4.50. The maximum absolute atomic E-state index is 13.1. The molecule has 5 heteroatoms. The van der Waals surface area contributed by atoms with E-state index in [0.29, 0.717) is 12.2 Å². The van der Waals surface area contributed by atoms with Crippen LogP contribution in [0.15, 0.2) is 42.5 Å². The Hall–Kier alpha value is -1.71. The van der Waals surface area contributed by atoms with Gasteiger partial charge in [-0.15, -0.1) is 0 Å². The number of benzene rings is 2. The number of hydrogen-bond donors (Lipinski definition) is 0. The van der Waals surface area contributed by atoms with Crippen molar-refractivity contribution in [2.24, 2.45) is 0 Å². The van der Waals surface area contributed by atoms with Crippen molar-refractivity contribution >= 4 is 25.0 Å². The van der Waals surface area contributed by atoms with Gasteiger partial charge in [0.1, 0.15) is 0 Å². The molecule has 1 aliphatic rings. The molecule has 0 fully saturated rings. The van der Waals surface area contributed by atoms with E-state index in [2.05, 4.69) is 13.0 Å². The van der Waals surface area contributed by atoms with Crippen LogP contribution in [0.4, 0.5) is 13.2 Å². The SMILES string of the molecule is CCCC[Se]C1=C(c2cccc(C(F)(F)F)c2)COc2ccc(C)cc21. The van der Waals surface area contributed by atoms with Crippen molar-refractivity contribution in [3.8, 4) is 5.75 Å². The monoisotopic (exact) mass is 426 g/mol. The van der Waals surface area contributed by atoms with Gasteiger partial charge in [-0.25, -0.2) is 0 Å². The van der Waals surface area contributed by atoms with Crippen LogP contribution in [0.2, 0.25) is 5.32 Å². The van der Waals surface area contributed by atoms with E-state index < -0.39 is 11.7 Å². The van der Waals surface area contributed by atoms with Gasteiger partial charge in [0.05, 0.1) is 0 Å². The van der Waals surface area contributed by atoms with Gasteiger partial charge in [0.15, 0.2) is 0 Å². The van der Waals surface area contributed by atoms with Crippen molar-refractivity contribution in [1.29, 1.82) is 0 Å². The molecule has 0 bridgehead atoms. The Balaban J connectivity index is 2.10. The first-order valence-electron chi connectivity index (χ1n) is 8.67. The minimum absolute atomic E-state index is 0.200. The maximum atomic E-state index is 13.1. The molecule has 0 aromatic heterocycles. The Labute approximate surface area is 158 Å². The molecule has 138 valence electrons. The van der Waals surface area contributed by atoms with Gasteiger partial charge in [-0.1, -0.05) is 0 Å². The fraction of sp³-hybridized carbons (Fsp3) is 0.333. The second kappa shape index (κ2) is 7.89.